The Morgan fingerprint density at radius 1 is 1.19 bits per heavy atom. The first-order chi connectivity index (χ1) is 12.9. The van der Waals surface area contributed by atoms with Crippen LogP contribution in [0.15, 0.2) is 55.1 Å². The normalized spacial score (nSPS) is 10.2. The fourth-order valence-electron chi connectivity index (χ4n) is 2.27. The van der Waals surface area contributed by atoms with Crippen molar-refractivity contribution in [3.8, 4) is 5.75 Å². The van der Waals surface area contributed by atoms with Crippen LogP contribution in [0.25, 0.3) is 0 Å². The molecule has 0 aromatic heterocycles. The number of hydrogen-bond donors (Lipinski definition) is 1. The van der Waals surface area contributed by atoms with E-state index in [0.717, 1.165) is 17.7 Å². The number of rotatable bonds is 8. The number of benzene rings is 2. The second-order valence-electron chi connectivity index (χ2n) is 5.80. The van der Waals surface area contributed by atoms with E-state index in [0.29, 0.717) is 25.0 Å². The van der Waals surface area contributed by atoms with Crippen LogP contribution in [0.2, 0.25) is 0 Å². The minimum Gasteiger partial charge on any atom is -0.490 e. The molecule has 2 rings (SSSR count). The molecule has 0 aliphatic carbocycles. The summed E-state index contributed by atoms with van der Waals surface area (Å²) in [7, 11) is 1.59. The Balaban J connectivity index is 1.86. The summed E-state index contributed by atoms with van der Waals surface area (Å²) < 4.78 is 31.8. The minimum absolute atomic E-state index is 0.299. The van der Waals surface area contributed by atoms with Crippen LogP contribution in [0.1, 0.15) is 15.9 Å². The van der Waals surface area contributed by atoms with E-state index in [4.69, 9.17) is 4.74 Å². The van der Waals surface area contributed by atoms with Crippen molar-refractivity contribution in [2.24, 2.45) is 0 Å². The predicted octanol–water partition coefficient (Wildman–Crippen LogP) is 2.92. The van der Waals surface area contributed by atoms with Crippen LogP contribution in [0.4, 0.5) is 8.78 Å². The number of carbonyl (C=O) groups is 2. The molecule has 27 heavy (non-hydrogen) atoms. The zero-order valence-electron chi connectivity index (χ0n) is 14.9. The van der Waals surface area contributed by atoms with E-state index < -0.39 is 17.5 Å². The average Bonchev–Trinajstić information content (AvgIpc) is 2.65. The van der Waals surface area contributed by atoms with Gasteiger partial charge in [0.05, 0.1) is 12.1 Å². The van der Waals surface area contributed by atoms with Crippen molar-refractivity contribution in [2.45, 2.75) is 6.54 Å². The third-order valence-electron chi connectivity index (χ3n) is 3.71. The quantitative estimate of drug-likeness (QED) is 0.723. The van der Waals surface area contributed by atoms with Crippen molar-refractivity contribution in [1.29, 1.82) is 0 Å². The van der Waals surface area contributed by atoms with E-state index in [-0.39, 0.29) is 18.0 Å². The predicted molar refractivity (Wildman–Crippen MR) is 97.3 cm³/mol. The lowest BCUT2D eigenvalue weighted by molar-refractivity contribution is -0.129. The third kappa shape index (κ3) is 5.91. The maximum absolute atomic E-state index is 13.6. The van der Waals surface area contributed by atoms with Crippen molar-refractivity contribution in [3.05, 3.63) is 77.9 Å². The molecule has 5 nitrogen and oxygen atoms in total. The summed E-state index contributed by atoms with van der Waals surface area (Å²) in [6.45, 7) is 4.02. The highest BCUT2D eigenvalue weighted by Crippen LogP contribution is 2.13. The molecular weight excluding hydrogens is 354 g/mol. The highest BCUT2D eigenvalue weighted by molar-refractivity contribution is 5.96. The van der Waals surface area contributed by atoms with Crippen molar-refractivity contribution in [1.82, 2.24) is 10.2 Å². The Hall–Kier alpha value is -3.22. The van der Waals surface area contributed by atoms with Gasteiger partial charge in [0.2, 0.25) is 5.91 Å². The van der Waals surface area contributed by atoms with Gasteiger partial charge in [-0.15, -0.1) is 0 Å². The summed E-state index contributed by atoms with van der Waals surface area (Å²) in [5.41, 5.74) is 0.565. The molecule has 0 bridgehead atoms. The molecule has 0 saturated heterocycles. The second-order valence-corrected chi connectivity index (χ2v) is 5.80. The molecule has 0 heterocycles. The molecule has 0 unspecified atom stereocenters. The number of ether oxygens (including phenoxy) is 1. The first-order valence-corrected chi connectivity index (χ1v) is 8.20. The monoisotopic (exact) mass is 374 g/mol. The van der Waals surface area contributed by atoms with Gasteiger partial charge in [-0.05, 0) is 29.8 Å². The van der Waals surface area contributed by atoms with E-state index >= 15 is 0 Å². The lowest BCUT2D eigenvalue weighted by atomic mass is 10.2. The SMILES string of the molecule is C=CCOc1ccc(CN(C)C(=O)CNC(=O)c2ccc(F)cc2F)cc1. The molecular formula is C20H20F2N2O3. The fraction of sp³-hybridized carbons (Fsp3) is 0.200. The smallest absolute Gasteiger partial charge is 0.254 e. The lowest BCUT2D eigenvalue weighted by Gasteiger charge is -2.18. The largest absolute Gasteiger partial charge is 0.490 e. The summed E-state index contributed by atoms with van der Waals surface area (Å²) >= 11 is 0. The van der Waals surface area contributed by atoms with Gasteiger partial charge in [0.15, 0.2) is 0 Å². The van der Waals surface area contributed by atoms with Gasteiger partial charge in [-0.2, -0.15) is 0 Å². The van der Waals surface area contributed by atoms with Gasteiger partial charge < -0.3 is 15.0 Å². The molecule has 2 amide bonds. The molecule has 142 valence electrons. The van der Waals surface area contributed by atoms with E-state index in [1.807, 2.05) is 12.1 Å². The number of nitrogens with zero attached hydrogens (tertiary/aromatic N) is 1. The van der Waals surface area contributed by atoms with Gasteiger partial charge in [0.25, 0.3) is 5.91 Å². The molecule has 0 aliphatic heterocycles. The first-order valence-electron chi connectivity index (χ1n) is 8.20. The van der Waals surface area contributed by atoms with Gasteiger partial charge in [0.1, 0.15) is 24.0 Å². The molecule has 0 saturated carbocycles. The third-order valence-corrected chi connectivity index (χ3v) is 3.71. The number of likely N-dealkylation sites (N-methyl/N-ethyl adjacent to an activating group) is 1. The molecule has 0 aliphatic rings. The number of hydrogen-bond acceptors (Lipinski definition) is 3. The van der Waals surface area contributed by atoms with Crippen molar-refractivity contribution in [2.75, 3.05) is 20.2 Å². The van der Waals surface area contributed by atoms with Crippen LogP contribution in [0.3, 0.4) is 0 Å². The van der Waals surface area contributed by atoms with Crippen LogP contribution >= 0.6 is 0 Å². The summed E-state index contributed by atoms with van der Waals surface area (Å²) in [4.78, 5) is 25.5. The van der Waals surface area contributed by atoms with Crippen LogP contribution in [0, 0.1) is 11.6 Å². The Kier molecular flexibility index (Phi) is 7.05. The van der Waals surface area contributed by atoms with Gasteiger partial charge >= 0.3 is 0 Å². The minimum atomic E-state index is -0.980. The Bertz CT molecular complexity index is 822. The van der Waals surface area contributed by atoms with Gasteiger partial charge in [-0.3, -0.25) is 9.59 Å². The average molecular weight is 374 g/mol. The molecule has 7 heteroatoms. The molecule has 2 aromatic carbocycles. The Morgan fingerprint density at radius 3 is 2.52 bits per heavy atom. The maximum Gasteiger partial charge on any atom is 0.254 e. The van der Waals surface area contributed by atoms with Crippen LogP contribution in [-0.2, 0) is 11.3 Å². The number of nitrogens with one attached hydrogen (secondary N) is 1. The van der Waals surface area contributed by atoms with Crippen LogP contribution in [0.5, 0.6) is 5.75 Å². The van der Waals surface area contributed by atoms with E-state index in [1.54, 1.807) is 25.3 Å². The molecule has 0 radical (unpaired) electrons. The number of halogens is 2. The Morgan fingerprint density at radius 2 is 1.89 bits per heavy atom. The maximum atomic E-state index is 13.6. The molecule has 0 fully saturated rings. The van der Waals surface area contributed by atoms with Crippen molar-refractivity contribution < 1.29 is 23.1 Å². The van der Waals surface area contributed by atoms with E-state index in [9.17, 15) is 18.4 Å². The van der Waals surface area contributed by atoms with Gasteiger partial charge in [0, 0.05) is 19.7 Å². The van der Waals surface area contributed by atoms with Gasteiger partial charge in [-0.25, -0.2) is 8.78 Å². The summed E-state index contributed by atoms with van der Waals surface area (Å²) in [6, 6.07) is 9.86. The number of carbonyl (C=O) groups excluding carboxylic acids is 2. The lowest BCUT2D eigenvalue weighted by Crippen LogP contribution is -2.38. The fourth-order valence-corrected chi connectivity index (χ4v) is 2.27. The zero-order chi connectivity index (χ0) is 19.8. The van der Waals surface area contributed by atoms with Gasteiger partial charge in [-0.1, -0.05) is 24.8 Å². The van der Waals surface area contributed by atoms with Crippen molar-refractivity contribution >= 4 is 11.8 Å². The summed E-state index contributed by atoms with van der Waals surface area (Å²) in [5, 5.41) is 2.34. The topological polar surface area (TPSA) is 58.6 Å². The van der Waals surface area contributed by atoms with E-state index in [1.165, 1.54) is 4.90 Å². The highest BCUT2D eigenvalue weighted by Gasteiger charge is 2.15. The summed E-state index contributed by atoms with van der Waals surface area (Å²) in [6.07, 6.45) is 1.65. The summed E-state index contributed by atoms with van der Waals surface area (Å²) in [5.74, 6) is -2.19. The number of amides is 2. The van der Waals surface area contributed by atoms with Crippen molar-refractivity contribution in [3.63, 3.8) is 0 Å². The van der Waals surface area contributed by atoms with Crippen LogP contribution < -0.4 is 10.1 Å². The molecule has 0 atom stereocenters. The zero-order valence-corrected chi connectivity index (χ0v) is 14.9. The molecule has 0 spiro atoms. The standard InChI is InChI=1S/C20H20F2N2O3/c1-3-10-27-16-7-4-14(5-8-16)13-24(2)19(25)12-23-20(26)17-9-6-15(21)11-18(17)22/h3-9,11H,1,10,12-13H2,2H3,(H,23,26). The molecule has 2 aromatic rings. The van der Waals surface area contributed by atoms with Crippen LogP contribution in [-0.4, -0.2) is 36.9 Å². The Labute approximate surface area is 156 Å². The van der Waals surface area contributed by atoms with E-state index in [2.05, 4.69) is 11.9 Å². The highest BCUT2D eigenvalue weighted by atomic mass is 19.1. The first kappa shape index (κ1) is 20.1. The molecule has 1 N–H and O–H groups in total. The second kappa shape index (κ2) is 9.47.